The van der Waals surface area contributed by atoms with Crippen LogP contribution in [0.5, 0.6) is 0 Å². The Hall–Kier alpha value is -2.18. The lowest BCUT2D eigenvalue weighted by atomic mass is 10.2. The summed E-state index contributed by atoms with van der Waals surface area (Å²) in [7, 11) is 0. The molecule has 0 radical (unpaired) electrons. The van der Waals surface area contributed by atoms with Crippen LogP contribution in [0.2, 0.25) is 0 Å². The number of nitrogens with one attached hydrogen (secondary N) is 1. The molecule has 2 aromatic carbocycles. The first-order valence-corrected chi connectivity index (χ1v) is 9.57. The second-order valence-electron chi connectivity index (χ2n) is 5.47. The van der Waals surface area contributed by atoms with Crippen molar-refractivity contribution in [3.05, 3.63) is 71.4 Å². The predicted molar refractivity (Wildman–Crippen MR) is 101 cm³/mol. The second kappa shape index (κ2) is 8.27. The molecule has 3 rings (SSSR count). The van der Waals surface area contributed by atoms with Crippen molar-refractivity contribution >= 4 is 29.0 Å². The third kappa shape index (κ3) is 4.90. The van der Waals surface area contributed by atoms with E-state index in [4.69, 9.17) is 0 Å². The Bertz CT molecular complexity index is 834. The maximum Gasteiger partial charge on any atom is 0.233 e. The standard InChI is InChI=1S/C19H17FN2OS2/c1-13(18(23)21-11-14-7-9-16(20)10-8-14)25-19-22-17(12-24-19)15-5-3-2-4-6-15/h2-10,12-13H,11H2,1H3,(H,21,23). The number of rotatable bonds is 6. The molecule has 1 heterocycles. The summed E-state index contributed by atoms with van der Waals surface area (Å²) in [6.07, 6.45) is 0. The number of carbonyl (C=O) groups is 1. The third-order valence-electron chi connectivity index (χ3n) is 3.58. The van der Waals surface area contributed by atoms with Gasteiger partial charge in [0.2, 0.25) is 5.91 Å². The highest BCUT2D eigenvalue weighted by molar-refractivity contribution is 8.02. The number of hydrogen-bond acceptors (Lipinski definition) is 4. The molecule has 3 nitrogen and oxygen atoms in total. The Morgan fingerprint density at radius 2 is 1.92 bits per heavy atom. The Morgan fingerprint density at radius 1 is 1.20 bits per heavy atom. The molecule has 0 aliphatic carbocycles. The Labute approximate surface area is 154 Å². The van der Waals surface area contributed by atoms with Crippen LogP contribution < -0.4 is 5.32 Å². The van der Waals surface area contributed by atoms with E-state index in [1.165, 1.54) is 35.2 Å². The van der Waals surface area contributed by atoms with E-state index >= 15 is 0 Å². The quantitative estimate of drug-likeness (QED) is 0.635. The van der Waals surface area contributed by atoms with Gasteiger partial charge in [0.25, 0.3) is 0 Å². The summed E-state index contributed by atoms with van der Waals surface area (Å²) in [5.74, 6) is -0.345. The fourth-order valence-electron chi connectivity index (χ4n) is 2.19. The molecule has 1 atom stereocenters. The minimum atomic E-state index is -0.281. The van der Waals surface area contributed by atoms with Crippen molar-refractivity contribution in [1.82, 2.24) is 10.3 Å². The molecule has 1 N–H and O–H groups in total. The maximum atomic E-state index is 12.9. The average Bonchev–Trinajstić information content (AvgIpc) is 3.10. The number of aromatic nitrogens is 1. The first kappa shape index (κ1) is 17.6. The van der Waals surface area contributed by atoms with Gasteiger partial charge in [0.05, 0.1) is 10.9 Å². The van der Waals surface area contributed by atoms with Crippen molar-refractivity contribution in [2.24, 2.45) is 0 Å². The molecular formula is C19H17FN2OS2. The largest absolute Gasteiger partial charge is 0.351 e. The average molecular weight is 372 g/mol. The lowest BCUT2D eigenvalue weighted by molar-refractivity contribution is -0.120. The molecule has 0 aliphatic rings. The summed E-state index contributed by atoms with van der Waals surface area (Å²) in [5.41, 5.74) is 2.86. The highest BCUT2D eigenvalue weighted by Crippen LogP contribution is 2.30. The zero-order valence-corrected chi connectivity index (χ0v) is 15.2. The van der Waals surface area contributed by atoms with Gasteiger partial charge in [-0.1, -0.05) is 54.2 Å². The first-order chi connectivity index (χ1) is 12.1. The first-order valence-electron chi connectivity index (χ1n) is 7.81. The van der Waals surface area contributed by atoms with E-state index in [0.29, 0.717) is 6.54 Å². The Morgan fingerprint density at radius 3 is 2.64 bits per heavy atom. The van der Waals surface area contributed by atoms with Crippen LogP contribution in [0.3, 0.4) is 0 Å². The van der Waals surface area contributed by atoms with Crippen molar-refractivity contribution in [2.45, 2.75) is 23.1 Å². The SMILES string of the molecule is CC(Sc1nc(-c2ccccc2)cs1)C(=O)NCc1ccc(F)cc1. The smallest absolute Gasteiger partial charge is 0.233 e. The summed E-state index contributed by atoms with van der Waals surface area (Å²) < 4.78 is 13.7. The minimum absolute atomic E-state index is 0.0641. The number of carbonyl (C=O) groups excluding carboxylic acids is 1. The van der Waals surface area contributed by atoms with Gasteiger partial charge in [-0.15, -0.1) is 11.3 Å². The van der Waals surface area contributed by atoms with Crippen molar-refractivity contribution < 1.29 is 9.18 Å². The molecular weight excluding hydrogens is 355 g/mol. The van der Waals surface area contributed by atoms with Crippen LogP contribution in [0.15, 0.2) is 64.3 Å². The van der Waals surface area contributed by atoms with Crippen LogP contribution in [0, 0.1) is 5.82 Å². The number of amides is 1. The zero-order valence-electron chi connectivity index (χ0n) is 13.6. The van der Waals surface area contributed by atoms with Crippen molar-refractivity contribution in [3.63, 3.8) is 0 Å². The van der Waals surface area contributed by atoms with E-state index < -0.39 is 0 Å². The van der Waals surface area contributed by atoms with Gasteiger partial charge in [0, 0.05) is 17.5 Å². The predicted octanol–water partition coefficient (Wildman–Crippen LogP) is 4.75. The van der Waals surface area contributed by atoms with E-state index in [1.807, 2.05) is 42.6 Å². The highest BCUT2D eigenvalue weighted by atomic mass is 32.2. The summed E-state index contributed by atoms with van der Waals surface area (Å²) in [6.45, 7) is 2.24. The number of hydrogen-bond donors (Lipinski definition) is 1. The van der Waals surface area contributed by atoms with E-state index in [-0.39, 0.29) is 17.0 Å². The molecule has 0 bridgehead atoms. The molecule has 6 heteroatoms. The molecule has 0 fully saturated rings. The fraction of sp³-hybridized carbons (Fsp3) is 0.158. The molecule has 1 aromatic heterocycles. The molecule has 0 aliphatic heterocycles. The zero-order chi connectivity index (χ0) is 17.6. The van der Waals surface area contributed by atoms with Gasteiger partial charge in [-0.25, -0.2) is 9.37 Å². The molecule has 0 saturated carbocycles. The topological polar surface area (TPSA) is 42.0 Å². The number of thiazole rings is 1. The summed E-state index contributed by atoms with van der Waals surface area (Å²) >= 11 is 2.98. The van der Waals surface area contributed by atoms with Crippen LogP contribution in [0.4, 0.5) is 4.39 Å². The Balaban J connectivity index is 1.54. The molecule has 0 spiro atoms. The van der Waals surface area contributed by atoms with Gasteiger partial charge in [-0.3, -0.25) is 4.79 Å². The van der Waals surface area contributed by atoms with Crippen molar-refractivity contribution in [1.29, 1.82) is 0 Å². The lowest BCUT2D eigenvalue weighted by Gasteiger charge is -2.10. The van der Waals surface area contributed by atoms with E-state index in [9.17, 15) is 9.18 Å². The van der Waals surface area contributed by atoms with E-state index in [2.05, 4.69) is 10.3 Å². The summed E-state index contributed by atoms with van der Waals surface area (Å²) in [5, 5.41) is 4.62. The molecule has 25 heavy (non-hydrogen) atoms. The summed E-state index contributed by atoms with van der Waals surface area (Å²) in [4.78, 5) is 16.8. The van der Waals surface area contributed by atoms with Crippen LogP contribution in [-0.2, 0) is 11.3 Å². The van der Waals surface area contributed by atoms with Crippen molar-refractivity contribution in [2.75, 3.05) is 0 Å². The van der Waals surface area contributed by atoms with Gasteiger partial charge in [0.1, 0.15) is 5.82 Å². The highest BCUT2D eigenvalue weighted by Gasteiger charge is 2.16. The number of nitrogens with zero attached hydrogens (tertiary/aromatic N) is 1. The van der Waals surface area contributed by atoms with Crippen LogP contribution in [0.25, 0.3) is 11.3 Å². The molecule has 1 amide bonds. The van der Waals surface area contributed by atoms with Gasteiger partial charge < -0.3 is 5.32 Å². The second-order valence-corrected chi connectivity index (χ2v) is 7.92. The van der Waals surface area contributed by atoms with Gasteiger partial charge in [0.15, 0.2) is 4.34 Å². The Kier molecular flexibility index (Phi) is 5.83. The number of benzene rings is 2. The van der Waals surface area contributed by atoms with E-state index in [1.54, 1.807) is 12.1 Å². The third-order valence-corrected chi connectivity index (χ3v) is 5.65. The van der Waals surface area contributed by atoms with E-state index in [0.717, 1.165) is 21.2 Å². The van der Waals surface area contributed by atoms with Gasteiger partial charge >= 0.3 is 0 Å². The molecule has 3 aromatic rings. The van der Waals surface area contributed by atoms with Crippen LogP contribution in [0.1, 0.15) is 12.5 Å². The summed E-state index contributed by atoms with van der Waals surface area (Å²) in [6, 6.07) is 16.1. The van der Waals surface area contributed by atoms with Gasteiger partial charge in [-0.05, 0) is 24.6 Å². The van der Waals surface area contributed by atoms with Crippen LogP contribution in [-0.4, -0.2) is 16.1 Å². The minimum Gasteiger partial charge on any atom is -0.351 e. The molecule has 1 unspecified atom stereocenters. The van der Waals surface area contributed by atoms with Crippen molar-refractivity contribution in [3.8, 4) is 11.3 Å². The van der Waals surface area contributed by atoms with Crippen LogP contribution >= 0.6 is 23.1 Å². The van der Waals surface area contributed by atoms with Gasteiger partial charge in [-0.2, -0.15) is 0 Å². The maximum absolute atomic E-state index is 12.9. The fourth-order valence-corrected chi connectivity index (χ4v) is 4.19. The molecule has 0 saturated heterocycles. The lowest BCUT2D eigenvalue weighted by Crippen LogP contribution is -2.30. The number of thioether (sulfide) groups is 1. The molecule has 128 valence electrons. The number of halogens is 1. The monoisotopic (exact) mass is 372 g/mol. The normalized spacial score (nSPS) is 11.9.